The molecule has 0 bridgehead atoms. The Hall–Kier alpha value is -3.43. The van der Waals surface area contributed by atoms with Crippen molar-refractivity contribution < 1.29 is 14.7 Å². The predicted molar refractivity (Wildman–Crippen MR) is 127 cm³/mol. The van der Waals surface area contributed by atoms with Crippen molar-refractivity contribution in [1.82, 2.24) is 10.3 Å². The number of nitrogens with zero attached hydrogens (tertiary/aromatic N) is 1. The van der Waals surface area contributed by atoms with Crippen LogP contribution in [0.5, 0.6) is 0 Å². The molecule has 166 valence electrons. The SMILES string of the molecule is Cc1nc(NC(=N)N)sc1-c1ccc(C(=O)NCC(CC(=O)O)c2ccc(Cl)cc2)cc1. The van der Waals surface area contributed by atoms with Crippen molar-refractivity contribution in [1.29, 1.82) is 5.41 Å². The van der Waals surface area contributed by atoms with Crippen molar-refractivity contribution >= 4 is 45.9 Å². The Labute approximate surface area is 194 Å². The molecule has 6 N–H and O–H groups in total. The molecule has 32 heavy (non-hydrogen) atoms. The molecular formula is C22H22ClN5O3S. The molecule has 0 aliphatic carbocycles. The standard InChI is InChI=1S/C22H22ClN5O3S/c1-12-19(32-22(27-12)28-21(24)25)14-2-4-15(5-3-14)20(31)26-11-16(10-18(29)30)13-6-8-17(23)9-7-13/h2-9,16H,10-11H2,1H3,(H,26,31)(H,29,30)(H4,24,25,27,28). The quantitative estimate of drug-likeness (QED) is 0.248. The van der Waals surface area contributed by atoms with Crippen LogP contribution in [-0.4, -0.2) is 34.5 Å². The molecule has 1 amide bonds. The van der Waals surface area contributed by atoms with Crippen molar-refractivity contribution in [2.75, 3.05) is 11.9 Å². The minimum atomic E-state index is -0.942. The first-order valence-electron chi connectivity index (χ1n) is 9.67. The number of anilines is 1. The normalized spacial score (nSPS) is 11.6. The average molecular weight is 472 g/mol. The molecule has 0 saturated carbocycles. The van der Waals surface area contributed by atoms with Gasteiger partial charge in [0.1, 0.15) is 0 Å². The summed E-state index contributed by atoms with van der Waals surface area (Å²) < 4.78 is 0. The molecule has 0 fully saturated rings. The number of benzene rings is 2. The van der Waals surface area contributed by atoms with E-state index >= 15 is 0 Å². The molecule has 0 spiro atoms. The second-order valence-electron chi connectivity index (χ2n) is 7.11. The van der Waals surface area contributed by atoms with Crippen LogP contribution in [0.2, 0.25) is 5.02 Å². The Bertz CT molecular complexity index is 1130. The first-order chi connectivity index (χ1) is 15.2. The van der Waals surface area contributed by atoms with Crippen LogP contribution in [0.15, 0.2) is 48.5 Å². The number of aromatic nitrogens is 1. The molecule has 0 radical (unpaired) electrons. The highest BCUT2D eigenvalue weighted by Gasteiger charge is 2.18. The van der Waals surface area contributed by atoms with E-state index in [4.69, 9.17) is 22.7 Å². The second kappa shape index (κ2) is 10.3. The number of carboxylic acid groups (broad SMARTS) is 1. The van der Waals surface area contributed by atoms with Gasteiger partial charge in [-0.1, -0.05) is 47.2 Å². The zero-order chi connectivity index (χ0) is 23.3. The van der Waals surface area contributed by atoms with Crippen molar-refractivity contribution in [3.05, 3.63) is 70.4 Å². The maximum absolute atomic E-state index is 12.6. The highest BCUT2D eigenvalue weighted by Crippen LogP contribution is 2.32. The van der Waals surface area contributed by atoms with Crippen LogP contribution in [0.3, 0.4) is 0 Å². The average Bonchev–Trinajstić information content (AvgIpc) is 3.10. The minimum absolute atomic E-state index is 0.109. The molecule has 0 aliphatic heterocycles. The third kappa shape index (κ3) is 6.05. The number of aryl methyl sites for hydroxylation is 1. The molecule has 2 aromatic carbocycles. The number of thiazole rings is 1. The Balaban J connectivity index is 1.68. The van der Waals surface area contributed by atoms with Crippen LogP contribution in [0.25, 0.3) is 10.4 Å². The number of guanidine groups is 1. The lowest BCUT2D eigenvalue weighted by atomic mass is 9.95. The molecule has 1 heterocycles. The smallest absolute Gasteiger partial charge is 0.304 e. The van der Waals surface area contributed by atoms with Crippen molar-refractivity contribution in [3.63, 3.8) is 0 Å². The van der Waals surface area contributed by atoms with E-state index in [0.29, 0.717) is 15.7 Å². The molecule has 1 unspecified atom stereocenters. The number of hydrogen-bond donors (Lipinski definition) is 5. The Morgan fingerprint density at radius 2 is 1.84 bits per heavy atom. The summed E-state index contributed by atoms with van der Waals surface area (Å²) in [6.45, 7) is 2.04. The van der Waals surface area contributed by atoms with Gasteiger partial charge < -0.3 is 21.5 Å². The van der Waals surface area contributed by atoms with Gasteiger partial charge in [0.05, 0.1) is 17.0 Å². The first kappa shape index (κ1) is 23.2. The summed E-state index contributed by atoms with van der Waals surface area (Å²) in [6.07, 6.45) is -0.109. The number of hydrogen-bond acceptors (Lipinski definition) is 5. The molecule has 1 atom stereocenters. The molecule has 0 aliphatic rings. The van der Waals surface area contributed by atoms with E-state index in [9.17, 15) is 14.7 Å². The van der Waals surface area contributed by atoms with Crippen LogP contribution in [-0.2, 0) is 4.79 Å². The summed E-state index contributed by atoms with van der Waals surface area (Å²) >= 11 is 7.28. The number of halogens is 1. The van der Waals surface area contributed by atoms with E-state index in [1.807, 2.05) is 19.1 Å². The number of nitrogens with one attached hydrogen (secondary N) is 3. The topological polar surface area (TPSA) is 141 Å². The minimum Gasteiger partial charge on any atom is -0.481 e. The predicted octanol–water partition coefficient (Wildman–Crippen LogP) is 4.07. The molecule has 8 nitrogen and oxygen atoms in total. The molecule has 10 heteroatoms. The fraction of sp³-hybridized carbons (Fsp3) is 0.182. The van der Waals surface area contributed by atoms with Gasteiger partial charge in [0.2, 0.25) is 0 Å². The van der Waals surface area contributed by atoms with Gasteiger partial charge in [0, 0.05) is 23.0 Å². The van der Waals surface area contributed by atoms with Gasteiger partial charge >= 0.3 is 5.97 Å². The van der Waals surface area contributed by atoms with Crippen LogP contribution in [0.4, 0.5) is 5.13 Å². The third-order valence-corrected chi connectivity index (χ3v) is 6.09. The fourth-order valence-electron chi connectivity index (χ4n) is 3.18. The zero-order valence-electron chi connectivity index (χ0n) is 17.2. The van der Waals surface area contributed by atoms with Gasteiger partial charge in [0.15, 0.2) is 11.1 Å². The Morgan fingerprint density at radius 1 is 1.19 bits per heavy atom. The number of carbonyl (C=O) groups excluding carboxylic acids is 1. The molecule has 3 aromatic rings. The Morgan fingerprint density at radius 3 is 2.44 bits per heavy atom. The summed E-state index contributed by atoms with van der Waals surface area (Å²) in [5.74, 6) is -1.79. The third-order valence-electron chi connectivity index (χ3n) is 4.72. The second-order valence-corrected chi connectivity index (χ2v) is 8.54. The highest BCUT2D eigenvalue weighted by molar-refractivity contribution is 7.19. The molecule has 0 saturated heterocycles. The maximum Gasteiger partial charge on any atom is 0.304 e. The number of nitrogens with two attached hydrogens (primary N) is 1. The van der Waals surface area contributed by atoms with E-state index in [1.165, 1.54) is 11.3 Å². The van der Waals surface area contributed by atoms with Gasteiger partial charge in [-0.2, -0.15) is 0 Å². The summed E-state index contributed by atoms with van der Waals surface area (Å²) in [4.78, 5) is 29.1. The van der Waals surface area contributed by atoms with Crippen LogP contribution >= 0.6 is 22.9 Å². The number of rotatable bonds is 8. The zero-order valence-corrected chi connectivity index (χ0v) is 18.8. The van der Waals surface area contributed by atoms with Crippen LogP contribution in [0, 0.1) is 12.3 Å². The number of carboxylic acids is 1. The van der Waals surface area contributed by atoms with E-state index in [2.05, 4.69) is 15.6 Å². The van der Waals surface area contributed by atoms with Gasteiger partial charge in [0.25, 0.3) is 5.91 Å². The lowest BCUT2D eigenvalue weighted by Crippen LogP contribution is -2.29. The lowest BCUT2D eigenvalue weighted by Gasteiger charge is -2.16. The first-order valence-corrected chi connectivity index (χ1v) is 10.9. The number of amides is 1. The molecule has 3 rings (SSSR count). The van der Waals surface area contributed by atoms with E-state index in [1.54, 1.807) is 36.4 Å². The highest BCUT2D eigenvalue weighted by atomic mass is 35.5. The molecule has 1 aromatic heterocycles. The van der Waals surface area contributed by atoms with Gasteiger partial charge in [-0.15, -0.1) is 0 Å². The molecular weight excluding hydrogens is 450 g/mol. The van der Waals surface area contributed by atoms with Crippen LogP contribution in [0.1, 0.15) is 34.0 Å². The van der Waals surface area contributed by atoms with Gasteiger partial charge in [-0.05, 0) is 42.3 Å². The summed E-state index contributed by atoms with van der Waals surface area (Å²) in [6, 6.07) is 14.0. The van der Waals surface area contributed by atoms with Crippen molar-refractivity contribution in [2.45, 2.75) is 19.3 Å². The lowest BCUT2D eigenvalue weighted by molar-refractivity contribution is -0.137. The number of aliphatic carboxylic acids is 1. The Kier molecular flexibility index (Phi) is 7.45. The summed E-state index contributed by atoms with van der Waals surface area (Å²) in [5, 5.41) is 23.1. The monoisotopic (exact) mass is 471 g/mol. The maximum atomic E-state index is 12.6. The van der Waals surface area contributed by atoms with Crippen LogP contribution < -0.4 is 16.4 Å². The largest absolute Gasteiger partial charge is 0.481 e. The summed E-state index contributed by atoms with van der Waals surface area (Å²) in [5.41, 5.74) is 8.28. The summed E-state index contributed by atoms with van der Waals surface area (Å²) in [7, 11) is 0. The van der Waals surface area contributed by atoms with Crippen molar-refractivity contribution in [2.24, 2.45) is 5.73 Å². The van der Waals surface area contributed by atoms with E-state index in [0.717, 1.165) is 21.7 Å². The van der Waals surface area contributed by atoms with Gasteiger partial charge in [-0.3, -0.25) is 15.0 Å². The van der Waals surface area contributed by atoms with Gasteiger partial charge in [-0.25, -0.2) is 4.98 Å². The van der Waals surface area contributed by atoms with E-state index < -0.39 is 5.97 Å². The number of carbonyl (C=O) groups is 2. The van der Waals surface area contributed by atoms with E-state index in [-0.39, 0.29) is 30.8 Å². The fourth-order valence-corrected chi connectivity index (χ4v) is 4.29. The van der Waals surface area contributed by atoms with Crippen molar-refractivity contribution in [3.8, 4) is 10.4 Å².